The van der Waals surface area contributed by atoms with Crippen molar-refractivity contribution in [2.24, 2.45) is 0 Å². The topological polar surface area (TPSA) is 88.7 Å². The zero-order valence-corrected chi connectivity index (χ0v) is 22.6. The predicted molar refractivity (Wildman–Crippen MR) is 151 cm³/mol. The Labute approximate surface area is 230 Å². The molecule has 9 heteroatoms. The summed E-state index contributed by atoms with van der Waals surface area (Å²) in [7, 11) is 0. The van der Waals surface area contributed by atoms with Crippen molar-refractivity contribution in [3.05, 3.63) is 94.0 Å². The highest BCUT2D eigenvalue weighted by atomic mass is 79.9. The Bertz CT molecular complexity index is 1250. The molecule has 3 aromatic carbocycles. The highest BCUT2D eigenvalue weighted by Crippen LogP contribution is 2.26. The molecular formula is C28H28BrN3O4S. The zero-order chi connectivity index (χ0) is 26.0. The van der Waals surface area contributed by atoms with Gasteiger partial charge in [-0.3, -0.25) is 14.9 Å². The minimum Gasteiger partial charge on any atom is -0.492 e. The van der Waals surface area contributed by atoms with Gasteiger partial charge in [0.15, 0.2) is 5.11 Å². The summed E-state index contributed by atoms with van der Waals surface area (Å²) in [5.74, 6) is 0.104. The third-order valence-electron chi connectivity index (χ3n) is 5.81. The maximum absolute atomic E-state index is 12.7. The molecule has 37 heavy (non-hydrogen) atoms. The van der Waals surface area contributed by atoms with E-state index < -0.39 is 0 Å². The van der Waals surface area contributed by atoms with Gasteiger partial charge in [0.05, 0.1) is 17.2 Å². The molecule has 2 amide bonds. The van der Waals surface area contributed by atoms with Crippen LogP contribution >= 0.6 is 28.1 Å². The summed E-state index contributed by atoms with van der Waals surface area (Å²) in [6.07, 6.45) is 2.83. The largest absolute Gasteiger partial charge is 0.492 e. The molecule has 1 unspecified atom stereocenters. The molecule has 0 saturated carbocycles. The summed E-state index contributed by atoms with van der Waals surface area (Å²) in [6, 6.07) is 22.1. The summed E-state index contributed by atoms with van der Waals surface area (Å²) in [5.41, 5.74) is 2.71. The Kier molecular flexibility index (Phi) is 9.65. The fourth-order valence-electron chi connectivity index (χ4n) is 3.87. The van der Waals surface area contributed by atoms with Crippen molar-refractivity contribution in [3.8, 4) is 5.75 Å². The molecule has 1 fully saturated rings. The van der Waals surface area contributed by atoms with Gasteiger partial charge in [-0.1, -0.05) is 36.4 Å². The van der Waals surface area contributed by atoms with E-state index in [0.29, 0.717) is 40.2 Å². The van der Waals surface area contributed by atoms with E-state index in [9.17, 15) is 9.59 Å². The van der Waals surface area contributed by atoms with Crippen LogP contribution in [0.1, 0.15) is 39.1 Å². The Balaban J connectivity index is 1.26. The van der Waals surface area contributed by atoms with Gasteiger partial charge in [-0.25, -0.2) is 0 Å². The molecule has 1 saturated heterocycles. The van der Waals surface area contributed by atoms with Crippen molar-refractivity contribution in [3.63, 3.8) is 0 Å². The van der Waals surface area contributed by atoms with E-state index in [1.54, 1.807) is 42.5 Å². The molecule has 0 radical (unpaired) electrons. The summed E-state index contributed by atoms with van der Waals surface area (Å²) in [6.45, 7) is 1.75. The number of hydrogen-bond acceptors (Lipinski definition) is 5. The van der Waals surface area contributed by atoms with Crippen LogP contribution in [-0.2, 0) is 11.2 Å². The zero-order valence-electron chi connectivity index (χ0n) is 20.2. The minimum absolute atomic E-state index is 0.0722. The van der Waals surface area contributed by atoms with Crippen LogP contribution in [0.2, 0.25) is 0 Å². The van der Waals surface area contributed by atoms with Crippen LogP contribution < -0.4 is 20.7 Å². The van der Waals surface area contributed by atoms with Crippen molar-refractivity contribution in [1.82, 2.24) is 10.6 Å². The smallest absolute Gasteiger partial charge is 0.257 e. The lowest BCUT2D eigenvalue weighted by Crippen LogP contribution is -2.34. The lowest BCUT2D eigenvalue weighted by molar-refractivity contribution is 0.0857. The second-order valence-corrected chi connectivity index (χ2v) is 9.83. The Hall–Kier alpha value is -3.27. The Morgan fingerprint density at radius 1 is 1.00 bits per heavy atom. The van der Waals surface area contributed by atoms with Crippen molar-refractivity contribution < 1.29 is 19.1 Å². The molecule has 0 aromatic heterocycles. The molecular weight excluding hydrogens is 554 g/mol. The molecule has 0 aliphatic carbocycles. The normalized spacial score (nSPS) is 14.6. The van der Waals surface area contributed by atoms with Gasteiger partial charge in [0.1, 0.15) is 5.75 Å². The summed E-state index contributed by atoms with van der Waals surface area (Å²) >= 11 is 8.79. The number of ether oxygens (including phenoxy) is 2. The van der Waals surface area contributed by atoms with Crippen LogP contribution in [0, 0.1) is 0 Å². The van der Waals surface area contributed by atoms with Crippen LogP contribution in [-0.4, -0.2) is 42.8 Å². The molecule has 4 rings (SSSR count). The average Bonchev–Trinajstić information content (AvgIpc) is 3.42. The number of nitrogens with one attached hydrogen (secondary N) is 3. The molecule has 7 nitrogen and oxygen atoms in total. The third kappa shape index (κ3) is 8.11. The minimum atomic E-state index is -0.362. The van der Waals surface area contributed by atoms with Gasteiger partial charge in [0, 0.05) is 36.4 Å². The lowest BCUT2D eigenvalue weighted by Gasteiger charge is -2.13. The predicted octanol–water partition coefficient (Wildman–Crippen LogP) is 5.11. The van der Waals surface area contributed by atoms with E-state index in [1.165, 1.54) is 5.56 Å². The van der Waals surface area contributed by atoms with E-state index in [0.717, 1.165) is 25.9 Å². The third-order valence-corrected chi connectivity index (χ3v) is 6.63. The van der Waals surface area contributed by atoms with Crippen molar-refractivity contribution >= 4 is 50.8 Å². The Morgan fingerprint density at radius 3 is 2.57 bits per heavy atom. The average molecular weight is 583 g/mol. The van der Waals surface area contributed by atoms with Gasteiger partial charge in [-0.2, -0.15) is 0 Å². The molecule has 1 heterocycles. The van der Waals surface area contributed by atoms with Gasteiger partial charge in [0.25, 0.3) is 11.8 Å². The second kappa shape index (κ2) is 13.3. The number of anilines is 1. The van der Waals surface area contributed by atoms with Gasteiger partial charge in [0.2, 0.25) is 0 Å². The monoisotopic (exact) mass is 581 g/mol. The van der Waals surface area contributed by atoms with E-state index in [-0.39, 0.29) is 23.0 Å². The first-order valence-electron chi connectivity index (χ1n) is 12.1. The van der Waals surface area contributed by atoms with Crippen molar-refractivity contribution in [1.29, 1.82) is 0 Å². The van der Waals surface area contributed by atoms with Crippen LogP contribution in [0.25, 0.3) is 0 Å². The highest BCUT2D eigenvalue weighted by molar-refractivity contribution is 9.10. The van der Waals surface area contributed by atoms with Crippen LogP contribution in [0.4, 0.5) is 5.69 Å². The quantitative estimate of drug-likeness (QED) is 0.304. The van der Waals surface area contributed by atoms with Gasteiger partial charge in [-0.15, -0.1) is 0 Å². The number of rotatable bonds is 9. The fourth-order valence-corrected chi connectivity index (χ4v) is 4.58. The van der Waals surface area contributed by atoms with E-state index in [4.69, 9.17) is 21.7 Å². The highest BCUT2D eigenvalue weighted by Gasteiger charge is 2.17. The van der Waals surface area contributed by atoms with Crippen LogP contribution in [0.15, 0.2) is 77.3 Å². The molecule has 1 atom stereocenters. The number of carbonyl (C=O) groups excluding carboxylic acids is 2. The second-order valence-electron chi connectivity index (χ2n) is 8.56. The number of thiocarbonyl (C=S) groups is 1. The number of benzene rings is 3. The lowest BCUT2D eigenvalue weighted by atomic mass is 10.1. The number of halogens is 1. The first kappa shape index (κ1) is 26.8. The number of hydrogen-bond donors (Lipinski definition) is 3. The molecule has 192 valence electrons. The van der Waals surface area contributed by atoms with E-state index in [2.05, 4.69) is 44.0 Å². The standard InChI is InChI=1S/C28H28BrN3O4S/c29-24-17-21(11-12-25(24)36-15-13-19-6-2-1-3-7-19)27(34)32-28(37)31-22-9-4-8-20(16-22)26(33)30-18-23-10-5-14-35-23/h1-4,6-9,11-12,16-17,23H,5,10,13-15,18H2,(H,30,33)(H2,31,32,34,37). The molecule has 0 spiro atoms. The number of amides is 2. The van der Waals surface area contributed by atoms with E-state index in [1.807, 2.05) is 18.2 Å². The Morgan fingerprint density at radius 2 is 1.81 bits per heavy atom. The SMILES string of the molecule is O=C(NCC1CCCO1)c1cccc(NC(=S)NC(=O)c2ccc(OCCc3ccccc3)c(Br)c2)c1. The van der Waals surface area contributed by atoms with Crippen LogP contribution in [0.5, 0.6) is 5.75 Å². The molecule has 1 aliphatic heterocycles. The summed E-state index contributed by atoms with van der Waals surface area (Å²) in [5, 5.41) is 8.66. The van der Waals surface area contributed by atoms with Gasteiger partial charge in [-0.05, 0) is 83.0 Å². The van der Waals surface area contributed by atoms with Crippen molar-refractivity contribution in [2.75, 3.05) is 25.1 Å². The molecule has 0 bridgehead atoms. The maximum Gasteiger partial charge on any atom is 0.257 e. The summed E-state index contributed by atoms with van der Waals surface area (Å²) in [4.78, 5) is 25.2. The molecule has 3 N–H and O–H groups in total. The first-order valence-corrected chi connectivity index (χ1v) is 13.3. The van der Waals surface area contributed by atoms with Gasteiger partial charge >= 0.3 is 0 Å². The maximum atomic E-state index is 12.7. The molecule has 1 aliphatic rings. The van der Waals surface area contributed by atoms with Gasteiger partial charge < -0.3 is 20.1 Å². The fraction of sp³-hybridized carbons (Fsp3) is 0.250. The first-order chi connectivity index (χ1) is 18.0. The molecule has 3 aromatic rings. The number of carbonyl (C=O) groups is 2. The van der Waals surface area contributed by atoms with Crippen molar-refractivity contribution in [2.45, 2.75) is 25.4 Å². The van der Waals surface area contributed by atoms with E-state index >= 15 is 0 Å². The van der Waals surface area contributed by atoms with Crippen LogP contribution in [0.3, 0.4) is 0 Å². The summed E-state index contributed by atoms with van der Waals surface area (Å²) < 4.78 is 12.1.